The molecule has 118 valence electrons. The fourth-order valence-corrected chi connectivity index (χ4v) is 2.10. The molecule has 0 atom stereocenters. The molecule has 1 aliphatic heterocycles. The second-order valence-corrected chi connectivity index (χ2v) is 6.34. The van der Waals surface area contributed by atoms with Crippen LogP contribution in [0.4, 0.5) is 0 Å². The highest BCUT2D eigenvalue weighted by Gasteiger charge is 2.29. The van der Waals surface area contributed by atoms with Crippen molar-refractivity contribution in [1.29, 1.82) is 0 Å². The highest BCUT2D eigenvalue weighted by atomic mass is 16.5. The van der Waals surface area contributed by atoms with Gasteiger partial charge in [-0.05, 0) is 58.3 Å². The molecular formula is C16H26N2O3. The van der Waals surface area contributed by atoms with Crippen LogP contribution in [-0.4, -0.2) is 40.9 Å². The van der Waals surface area contributed by atoms with Crippen LogP contribution in [0.25, 0.3) is 0 Å². The lowest BCUT2D eigenvalue weighted by Crippen LogP contribution is -2.43. The molecule has 0 aromatic carbocycles. The number of aromatic nitrogens is 1. The van der Waals surface area contributed by atoms with E-state index < -0.39 is 5.60 Å². The molecule has 0 amide bonds. The van der Waals surface area contributed by atoms with Gasteiger partial charge in [-0.25, -0.2) is 0 Å². The third-order valence-corrected chi connectivity index (χ3v) is 3.19. The van der Waals surface area contributed by atoms with Crippen molar-refractivity contribution < 1.29 is 14.6 Å². The summed E-state index contributed by atoms with van der Waals surface area (Å²) in [4.78, 5) is 13.7. The van der Waals surface area contributed by atoms with E-state index in [1.54, 1.807) is 6.20 Å². The lowest BCUT2D eigenvalue weighted by molar-refractivity contribution is -0.138. The van der Waals surface area contributed by atoms with Crippen LogP contribution in [0.1, 0.15) is 39.2 Å². The zero-order valence-corrected chi connectivity index (χ0v) is 13.1. The highest BCUT2D eigenvalue weighted by molar-refractivity contribution is 5.37. The molecule has 0 radical (unpaired) electrons. The van der Waals surface area contributed by atoms with E-state index in [9.17, 15) is 9.90 Å². The maximum absolute atomic E-state index is 10.3. The number of hydrogen-bond donors (Lipinski definition) is 2. The van der Waals surface area contributed by atoms with Crippen LogP contribution in [0.15, 0.2) is 24.5 Å². The molecule has 2 heterocycles. The molecule has 2 rings (SSSR count). The number of ether oxygens (including phenoxy) is 1. The van der Waals surface area contributed by atoms with Gasteiger partial charge in [0.05, 0.1) is 5.60 Å². The van der Waals surface area contributed by atoms with Crippen molar-refractivity contribution in [2.75, 3.05) is 13.1 Å². The Morgan fingerprint density at radius 3 is 2.52 bits per heavy atom. The summed E-state index contributed by atoms with van der Waals surface area (Å²) in [6.07, 6.45) is 5.99. The third kappa shape index (κ3) is 7.78. The lowest BCUT2D eigenvalue weighted by atomic mass is 9.86. The number of hydrogen-bond acceptors (Lipinski definition) is 5. The van der Waals surface area contributed by atoms with Crippen LogP contribution in [0.5, 0.6) is 0 Å². The van der Waals surface area contributed by atoms with Crippen molar-refractivity contribution in [1.82, 2.24) is 10.3 Å². The quantitative estimate of drug-likeness (QED) is 0.830. The second-order valence-electron chi connectivity index (χ2n) is 6.34. The predicted octanol–water partition coefficient (Wildman–Crippen LogP) is 1.70. The molecule has 1 aliphatic rings. The Morgan fingerprint density at radius 2 is 2.10 bits per heavy atom. The van der Waals surface area contributed by atoms with Crippen LogP contribution >= 0.6 is 0 Å². The second kappa shape index (κ2) is 8.10. The van der Waals surface area contributed by atoms with Crippen molar-refractivity contribution in [3.05, 3.63) is 30.1 Å². The maximum atomic E-state index is 10.3. The van der Waals surface area contributed by atoms with Crippen LogP contribution in [0, 0.1) is 0 Å². The molecule has 1 fully saturated rings. The highest BCUT2D eigenvalue weighted by Crippen LogP contribution is 2.22. The first kappa shape index (κ1) is 17.6. The minimum absolute atomic E-state index is 0.318. The van der Waals surface area contributed by atoms with Crippen molar-refractivity contribution >= 4 is 6.47 Å². The van der Waals surface area contributed by atoms with E-state index >= 15 is 0 Å². The number of nitrogens with one attached hydrogen (secondary N) is 1. The Hall–Kier alpha value is -1.46. The third-order valence-electron chi connectivity index (χ3n) is 3.19. The first-order valence-electron chi connectivity index (χ1n) is 7.28. The fourth-order valence-electron chi connectivity index (χ4n) is 2.10. The van der Waals surface area contributed by atoms with Gasteiger partial charge < -0.3 is 15.2 Å². The molecule has 1 aromatic heterocycles. The topological polar surface area (TPSA) is 71.5 Å². The SMILES string of the molecule is CC(C)(C)OC=O.OC1(Cc2cccnc2)CCNCC1. The number of carbonyl (C=O) groups excluding carboxylic acids is 1. The molecule has 0 aliphatic carbocycles. The number of carbonyl (C=O) groups is 1. The van der Waals surface area contributed by atoms with Crippen LogP contribution in [-0.2, 0) is 16.0 Å². The fraction of sp³-hybridized carbons (Fsp3) is 0.625. The number of aliphatic hydroxyl groups is 1. The molecule has 0 saturated carbocycles. The van der Waals surface area contributed by atoms with E-state index in [4.69, 9.17) is 0 Å². The van der Waals surface area contributed by atoms with E-state index in [2.05, 4.69) is 15.0 Å². The zero-order valence-electron chi connectivity index (χ0n) is 13.1. The predicted molar refractivity (Wildman–Crippen MR) is 81.9 cm³/mol. The molecule has 1 aromatic rings. The Labute approximate surface area is 126 Å². The van der Waals surface area contributed by atoms with Crippen molar-refractivity contribution in [2.45, 2.75) is 51.2 Å². The van der Waals surface area contributed by atoms with Gasteiger partial charge in [-0.1, -0.05) is 6.07 Å². The summed E-state index contributed by atoms with van der Waals surface area (Å²) in [5, 5.41) is 13.5. The molecule has 1 saturated heterocycles. The lowest BCUT2D eigenvalue weighted by Gasteiger charge is -2.32. The van der Waals surface area contributed by atoms with Gasteiger partial charge >= 0.3 is 0 Å². The Morgan fingerprint density at radius 1 is 1.43 bits per heavy atom. The Bertz CT molecular complexity index is 409. The van der Waals surface area contributed by atoms with E-state index in [-0.39, 0.29) is 5.60 Å². The molecule has 21 heavy (non-hydrogen) atoms. The summed E-state index contributed by atoms with van der Waals surface area (Å²) in [7, 11) is 0. The standard InChI is InChI=1S/C11H16N2O.C5H10O2/c14-11(3-6-12-7-4-11)8-10-2-1-5-13-9-10;1-5(2,3)7-4-6/h1-2,5,9,12,14H,3-4,6-8H2;4H,1-3H3. The zero-order chi connectivity index (χ0) is 15.8. The molecule has 0 spiro atoms. The van der Waals surface area contributed by atoms with Gasteiger partial charge in [-0.3, -0.25) is 9.78 Å². The minimum Gasteiger partial charge on any atom is -0.462 e. The van der Waals surface area contributed by atoms with Gasteiger partial charge in [-0.15, -0.1) is 0 Å². The number of piperidine rings is 1. The Kier molecular flexibility index (Phi) is 6.78. The number of rotatable bonds is 3. The molecule has 0 unspecified atom stereocenters. The number of nitrogens with zero attached hydrogens (tertiary/aromatic N) is 1. The molecule has 5 heteroatoms. The maximum Gasteiger partial charge on any atom is 0.293 e. The first-order valence-corrected chi connectivity index (χ1v) is 7.28. The summed E-state index contributed by atoms with van der Waals surface area (Å²) in [6, 6.07) is 3.94. The summed E-state index contributed by atoms with van der Waals surface area (Å²) in [5.74, 6) is 0. The summed E-state index contributed by atoms with van der Waals surface area (Å²) in [6.45, 7) is 7.75. The van der Waals surface area contributed by atoms with Crippen molar-refractivity contribution in [3.8, 4) is 0 Å². The van der Waals surface area contributed by atoms with Gasteiger partial charge in [-0.2, -0.15) is 0 Å². The monoisotopic (exact) mass is 294 g/mol. The van der Waals surface area contributed by atoms with Crippen LogP contribution < -0.4 is 5.32 Å². The largest absolute Gasteiger partial charge is 0.462 e. The van der Waals surface area contributed by atoms with E-state index in [0.29, 0.717) is 6.47 Å². The summed E-state index contributed by atoms with van der Waals surface area (Å²) >= 11 is 0. The van der Waals surface area contributed by atoms with Gasteiger partial charge in [0, 0.05) is 18.8 Å². The molecule has 0 bridgehead atoms. The van der Waals surface area contributed by atoms with Gasteiger partial charge in [0.2, 0.25) is 0 Å². The summed E-state index contributed by atoms with van der Waals surface area (Å²) < 4.78 is 4.55. The average molecular weight is 294 g/mol. The summed E-state index contributed by atoms with van der Waals surface area (Å²) in [5.41, 5.74) is 0.285. The first-order chi connectivity index (χ1) is 9.85. The van der Waals surface area contributed by atoms with Gasteiger partial charge in [0.15, 0.2) is 0 Å². The molecular weight excluding hydrogens is 268 g/mol. The van der Waals surface area contributed by atoms with Crippen molar-refractivity contribution in [3.63, 3.8) is 0 Å². The van der Waals surface area contributed by atoms with Crippen molar-refractivity contribution in [2.24, 2.45) is 0 Å². The average Bonchev–Trinajstić information content (AvgIpc) is 2.39. The Balaban J connectivity index is 0.000000270. The molecule has 5 nitrogen and oxygen atoms in total. The minimum atomic E-state index is -0.520. The van der Waals surface area contributed by atoms with E-state index in [1.165, 1.54) is 0 Å². The molecule has 2 N–H and O–H groups in total. The van der Waals surface area contributed by atoms with Crippen LogP contribution in [0.3, 0.4) is 0 Å². The van der Waals surface area contributed by atoms with Crippen LogP contribution in [0.2, 0.25) is 0 Å². The number of pyridine rings is 1. The van der Waals surface area contributed by atoms with E-state index in [1.807, 2.05) is 39.1 Å². The normalized spacial score (nSPS) is 17.3. The van der Waals surface area contributed by atoms with Gasteiger partial charge in [0.25, 0.3) is 6.47 Å². The van der Waals surface area contributed by atoms with E-state index in [0.717, 1.165) is 37.9 Å². The smallest absolute Gasteiger partial charge is 0.293 e. The van der Waals surface area contributed by atoms with Gasteiger partial charge in [0.1, 0.15) is 5.60 Å².